The number of rotatable bonds is 3. The van der Waals surface area contributed by atoms with Crippen LogP contribution in [-0.4, -0.2) is 14.6 Å². The van der Waals surface area contributed by atoms with Crippen molar-refractivity contribution >= 4 is 16.3 Å². The smallest absolute Gasteiger partial charge is 0.259 e. The van der Waals surface area contributed by atoms with Gasteiger partial charge < -0.3 is 0 Å². The highest BCUT2D eigenvalue weighted by Crippen LogP contribution is 2.24. The van der Waals surface area contributed by atoms with Crippen LogP contribution >= 0.6 is 11.3 Å². The van der Waals surface area contributed by atoms with Crippen molar-refractivity contribution in [2.45, 2.75) is 6.42 Å². The van der Waals surface area contributed by atoms with E-state index in [9.17, 15) is 4.79 Å². The second kappa shape index (κ2) is 5.78. The van der Waals surface area contributed by atoms with Crippen molar-refractivity contribution in [3.05, 3.63) is 88.5 Å². The summed E-state index contributed by atoms with van der Waals surface area (Å²) in [6.07, 6.45) is 0.592. The lowest BCUT2D eigenvalue weighted by molar-refractivity contribution is 0.919. The Labute approximate surface area is 136 Å². The Balaban J connectivity index is 1.80. The highest BCUT2D eigenvalue weighted by Gasteiger charge is 2.12. The van der Waals surface area contributed by atoms with Gasteiger partial charge in [-0.2, -0.15) is 0 Å². The summed E-state index contributed by atoms with van der Waals surface area (Å²) in [6, 6.07) is 21.5. The first-order valence-corrected chi connectivity index (χ1v) is 8.10. The van der Waals surface area contributed by atoms with E-state index in [0.717, 1.165) is 16.0 Å². The lowest BCUT2D eigenvalue weighted by Gasteiger charge is -2.02. The summed E-state index contributed by atoms with van der Waals surface area (Å²) >= 11 is 1.47. The normalized spacial score (nSPS) is 11.0. The third-order valence-corrected chi connectivity index (χ3v) is 4.66. The number of hydrogen-bond donors (Lipinski definition) is 0. The van der Waals surface area contributed by atoms with Crippen molar-refractivity contribution in [1.29, 1.82) is 0 Å². The van der Waals surface area contributed by atoms with Gasteiger partial charge in [0.2, 0.25) is 4.96 Å². The van der Waals surface area contributed by atoms with E-state index in [1.165, 1.54) is 11.3 Å². The molecule has 0 N–H and O–H groups in total. The molecule has 0 aliphatic carbocycles. The highest BCUT2D eigenvalue weighted by atomic mass is 32.1. The molecule has 23 heavy (non-hydrogen) atoms. The molecule has 0 unspecified atom stereocenters. The minimum absolute atomic E-state index is 0.0893. The predicted octanol–water partition coefficient (Wildman–Crippen LogP) is 3.41. The first kappa shape index (κ1) is 13.8. The summed E-state index contributed by atoms with van der Waals surface area (Å²) < 4.78 is 1.60. The van der Waals surface area contributed by atoms with Crippen molar-refractivity contribution in [3.63, 3.8) is 0 Å². The molecule has 0 aliphatic rings. The first-order valence-electron chi connectivity index (χ1n) is 7.29. The Morgan fingerprint density at radius 1 is 0.913 bits per heavy atom. The number of fused-ring (bicyclic) bond motifs is 1. The van der Waals surface area contributed by atoms with Gasteiger partial charge in [0, 0.05) is 17.4 Å². The lowest BCUT2D eigenvalue weighted by Crippen LogP contribution is -2.13. The maximum Gasteiger partial charge on any atom is 0.259 e. The fraction of sp³-hybridized carbons (Fsp3) is 0.0556. The fourth-order valence-electron chi connectivity index (χ4n) is 2.53. The molecule has 0 spiro atoms. The zero-order valence-corrected chi connectivity index (χ0v) is 13.0. The van der Waals surface area contributed by atoms with E-state index in [0.29, 0.717) is 17.2 Å². The molecule has 0 fully saturated rings. The van der Waals surface area contributed by atoms with Gasteiger partial charge in [-0.3, -0.25) is 4.79 Å². The summed E-state index contributed by atoms with van der Waals surface area (Å²) in [5, 5.41) is 8.40. The number of nitrogens with zero attached hydrogens (tertiary/aromatic N) is 3. The highest BCUT2D eigenvalue weighted by molar-refractivity contribution is 7.19. The fourth-order valence-corrected chi connectivity index (χ4v) is 3.51. The Kier molecular flexibility index (Phi) is 3.48. The molecule has 0 bridgehead atoms. The third kappa shape index (κ3) is 2.66. The van der Waals surface area contributed by atoms with Crippen LogP contribution in [0.3, 0.4) is 0 Å². The van der Waals surface area contributed by atoms with Gasteiger partial charge in [-0.1, -0.05) is 72.0 Å². The molecule has 0 atom stereocenters. The summed E-state index contributed by atoms with van der Waals surface area (Å²) in [5.74, 6) is 0.673. The van der Waals surface area contributed by atoms with E-state index >= 15 is 0 Å². The maximum atomic E-state index is 12.5. The molecule has 0 radical (unpaired) electrons. The van der Waals surface area contributed by atoms with E-state index in [-0.39, 0.29) is 5.56 Å². The van der Waals surface area contributed by atoms with Crippen molar-refractivity contribution in [2.75, 3.05) is 0 Å². The second-order valence-corrected chi connectivity index (χ2v) is 6.22. The average molecular weight is 319 g/mol. The summed E-state index contributed by atoms with van der Waals surface area (Å²) in [7, 11) is 0. The van der Waals surface area contributed by atoms with E-state index < -0.39 is 0 Å². The molecule has 112 valence electrons. The van der Waals surface area contributed by atoms with Crippen LogP contribution in [0.15, 0.2) is 71.5 Å². The van der Waals surface area contributed by atoms with Crippen molar-refractivity contribution in [1.82, 2.24) is 14.6 Å². The molecule has 2 aromatic heterocycles. The van der Waals surface area contributed by atoms with E-state index in [1.54, 1.807) is 10.5 Å². The molecular formula is C18H13N3OS. The van der Waals surface area contributed by atoms with Crippen molar-refractivity contribution < 1.29 is 0 Å². The summed E-state index contributed by atoms with van der Waals surface area (Å²) in [4.78, 5) is 14.1. The van der Waals surface area contributed by atoms with Crippen LogP contribution in [0.25, 0.3) is 15.4 Å². The van der Waals surface area contributed by atoms with E-state index in [2.05, 4.69) is 10.2 Å². The number of hydrogen-bond acceptors (Lipinski definition) is 4. The number of aromatic nitrogens is 3. The zero-order chi connectivity index (χ0) is 15.6. The first-order chi connectivity index (χ1) is 11.3. The molecule has 2 heterocycles. The van der Waals surface area contributed by atoms with Crippen LogP contribution in [0.1, 0.15) is 11.4 Å². The van der Waals surface area contributed by atoms with Crippen LogP contribution in [0.5, 0.6) is 0 Å². The van der Waals surface area contributed by atoms with Gasteiger partial charge >= 0.3 is 0 Å². The SMILES string of the molecule is O=c1cc(-c2ccccc2)sc2nnc(Cc3ccccc3)n12. The van der Waals surface area contributed by atoms with Crippen molar-refractivity contribution in [3.8, 4) is 10.4 Å². The maximum absolute atomic E-state index is 12.5. The Morgan fingerprint density at radius 2 is 1.61 bits per heavy atom. The quantitative estimate of drug-likeness (QED) is 0.581. The van der Waals surface area contributed by atoms with Crippen LogP contribution < -0.4 is 5.56 Å². The third-order valence-electron chi connectivity index (χ3n) is 3.64. The molecule has 4 nitrogen and oxygen atoms in total. The largest absolute Gasteiger partial charge is 0.269 e. The Hall–Kier alpha value is -2.79. The molecule has 0 saturated heterocycles. The van der Waals surface area contributed by atoms with Gasteiger partial charge in [-0.15, -0.1) is 10.2 Å². The van der Waals surface area contributed by atoms with Gasteiger partial charge in [0.15, 0.2) is 0 Å². The molecule has 5 heteroatoms. The van der Waals surface area contributed by atoms with Crippen LogP contribution in [0.4, 0.5) is 0 Å². The summed E-state index contributed by atoms with van der Waals surface area (Å²) in [6.45, 7) is 0. The standard InChI is InChI=1S/C18H13N3OS/c22-17-12-15(14-9-5-2-6-10-14)23-18-20-19-16(21(17)18)11-13-7-3-1-4-8-13/h1-10,12H,11H2. The van der Waals surface area contributed by atoms with Gasteiger partial charge in [-0.05, 0) is 11.1 Å². The Bertz CT molecular complexity index is 1010. The molecular weight excluding hydrogens is 306 g/mol. The monoisotopic (exact) mass is 319 g/mol. The van der Waals surface area contributed by atoms with Gasteiger partial charge in [0.05, 0.1) is 0 Å². The predicted molar refractivity (Wildman–Crippen MR) is 91.8 cm³/mol. The average Bonchev–Trinajstić information content (AvgIpc) is 3.00. The lowest BCUT2D eigenvalue weighted by atomic mass is 10.1. The summed E-state index contributed by atoms with van der Waals surface area (Å²) in [5.41, 5.74) is 2.04. The van der Waals surface area contributed by atoms with E-state index in [1.807, 2.05) is 60.7 Å². The molecule has 0 amide bonds. The minimum atomic E-state index is -0.0893. The van der Waals surface area contributed by atoms with E-state index in [4.69, 9.17) is 0 Å². The topological polar surface area (TPSA) is 47.3 Å². The zero-order valence-electron chi connectivity index (χ0n) is 12.2. The molecule has 0 saturated carbocycles. The van der Waals surface area contributed by atoms with Gasteiger partial charge in [0.1, 0.15) is 5.82 Å². The van der Waals surface area contributed by atoms with Crippen molar-refractivity contribution in [2.24, 2.45) is 0 Å². The minimum Gasteiger partial charge on any atom is -0.269 e. The molecule has 0 aliphatic heterocycles. The van der Waals surface area contributed by atoms with Crippen LogP contribution in [0.2, 0.25) is 0 Å². The molecule has 4 aromatic rings. The van der Waals surface area contributed by atoms with Crippen LogP contribution in [0, 0.1) is 0 Å². The molecule has 4 rings (SSSR count). The van der Waals surface area contributed by atoms with Gasteiger partial charge in [0.25, 0.3) is 5.56 Å². The van der Waals surface area contributed by atoms with Gasteiger partial charge in [-0.25, -0.2) is 4.40 Å². The molecule has 2 aromatic carbocycles. The number of benzene rings is 2. The van der Waals surface area contributed by atoms with Crippen LogP contribution in [-0.2, 0) is 6.42 Å². The Morgan fingerprint density at radius 3 is 2.35 bits per heavy atom. The second-order valence-electron chi connectivity index (χ2n) is 5.21.